The molecule has 0 amide bonds. The van der Waals surface area contributed by atoms with Crippen LogP contribution in [-0.2, 0) is 0 Å². The molecule has 5 heteroatoms. The first-order valence-corrected chi connectivity index (χ1v) is 3.85. The van der Waals surface area contributed by atoms with Crippen LogP contribution in [0.15, 0.2) is 29.4 Å². The van der Waals surface area contributed by atoms with E-state index >= 15 is 0 Å². The van der Waals surface area contributed by atoms with Crippen molar-refractivity contribution in [1.82, 2.24) is 5.43 Å². The van der Waals surface area contributed by atoms with Crippen molar-refractivity contribution in [3.8, 4) is 0 Å². The van der Waals surface area contributed by atoms with Crippen LogP contribution >= 0.6 is 11.6 Å². The molecule has 0 saturated carbocycles. The van der Waals surface area contributed by atoms with Gasteiger partial charge in [-0.05, 0) is 17.3 Å². The van der Waals surface area contributed by atoms with E-state index in [9.17, 15) is 0 Å². The summed E-state index contributed by atoms with van der Waals surface area (Å²) >= 11 is 5.68. The summed E-state index contributed by atoms with van der Waals surface area (Å²) in [6.07, 6.45) is 0. The lowest BCUT2D eigenvalue weighted by Gasteiger charge is -2.01. The Kier molecular flexibility index (Phi) is 3.34. The molecule has 0 radical (unpaired) electrons. The largest absolute Gasteiger partial charge is 0.404 e. The Labute approximate surface area is 80.3 Å². The third-order valence-corrected chi connectivity index (χ3v) is 1.69. The molecule has 1 aromatic carbocycles. The lowest BCUT2D eigenvalue weighted by molar-refractivity contribution is 0.323. The van der Waals surface area contributed by atoms with Crippen LogP contribution < -0.4 is 11.3 Å². The number of nitrogens with zero attached hydrogens (tertiary/aromatic N) is 1. The van der Waals surface area contributed by atoms with Crippen LogP contribution in [-0.4, -0.2) is 11.1 Å². The average Bonchev–Trinajstić information content (AvgIpc) is 2.16. The second-order valence-electron chi connectivity index (χ2n) is 2.24. The molecular formula is C8H8ClN3O. The van der Waals surface area contributed by atoms with E-state index < -0.39 is 0 Å². The molecule has 1 rings (SSSR count). The highest BCUT2D eigenvalue weighted by Crippen LogP contribution is 2.12. The predicted molar refractivity (Wildman–Crippen MR) is 51.4 cm³/mol. The van der Waals surface area contributed by atoms with Gasteiger partial charge in [0.15, 0.2) is 0 Å². The van der Waals surface area contributed by atoms with E-state index in [1.165, 1.54) is 0 Å². The van der Waals surface area contributed by atoms with Crippen LogP contribution in [0.5, 0.6) is 0 Å². The van der Waals surface area contributed by atoms with E-state index in [4.69, 9.17) is 22.7 Å². The number of hydrogen-bond donors (Lipinski definition) is 3. The summed E-state index contributed by atoms with van der Waals surface area (Å²) in [7, 11) is 0. The monoisotopic (exact) mass is 197 g/mol. The minimum Gasteiger partial charge on any atom is -0.404 e. The van der Waals surface area contributed by atoms with E-state index in [1.807, 2.05) is 0 Å². The Bertz CT molecular complexity index is 341. The summed E-state index contributed by atoms with van der Waals surface area (Å²) in [5.41, 5.74) is 3.48. The van der Waals surface area contributed by atoms with Crippen molar-refractivity contribution in [1.29, 1.82) is 0 Å². The zero-order valence-corrected chi connectivity index (χ0v) is 7.42. The van der Waals surface area contributed by atoms with Crippen molar-refractivity contribution < 1.29 is 5.21 Å². The molecule has 0 heterocycles. The molecule has 4 N–H and O–H groups in total. The van der Waals surface area contributed by atoms with E-state index in [0.29, 0.717) is 10.7 Å². The van der Waals surface area contributed by atoms with Gasteiger partial charge in [0.25, 0.3) is 0 Å². The minimum absolute atomic E-state index is 0.388. The number of hydrazine groups is 1. The number of nitrogens with two attached hydrogens (primary N) is 1. The number of benzene rings is 1. The number of hydrogen-bond acceptors (Lipinski definition) is 4. The Morgan fingerprint density at radius 3 is 2.54 bits per heavy atom. The van der Waals surface area contributed by atoms with Gasteiger partial charge in [-0.25, -0.2) is 5.84 Å². The second-order valence-corrected chi connectivity index (χ2v) is 2.67. The van der Waals surface area contributed by atoms with Gasteiger partial charge in [-0.1, -0.05) is 23.7 Å². The van der Waals surface area contributed by atoms with Crippen molar-refractivity contribution in [2.75, 3.05) is 0 Å². The first-order chi connectivity index (χ1) is 6.27. The van der Waals surface area contributed by atoms with Gasteiger partial charge in [0, 0.05) is 10.6 Å². The predicted octanol–water partition coefficient (Wildman–Crippen LogP) is 1.20. The summed E-state index contributed by atoms with van der Waals surface area (Å²) in [6.45, 7) is 0. The lowest BCUT2D eigenvalue weighted by atomic mass is 10.2. The highest BCUT2D eigenvalue weighted by atomic mass is 35.5. The van der Waals surface area contributed by atoms with Crippen LogP contribution in [0.2, 0.25) is 5.02 Å². The van der Waals surface area contributed by atoms with Gasteiger partial charge in [0.2, 0.25) is 0 Å². The molecule has 0 unspecified atom stereocenters. The summed E-state index contributed by atoms with van der Waals surface area (Å²) in [4.78, 5) is 0. The fraction of sp³-hybridized carbons (Fsp3) is 0. The zero-order chi connectivity index (χ0) is 9.68. The fourth-order valence-corrected chi connectivity index (χ4v) is 0.973. The van der Waals surface area contributed by atoms with Gasteiger partial charge >= 0.3 is 0 Å². The van der Waals surface area contributed by atoms with Gasteiger partial charge in [-0.2, -0.15) is 0 Å². The van der Waals surface area contributed by atoms with Crippen molar-refractivity contribution in [2.45, 2.75) is 0 Å². The van der Waals surface area contributed by atoms with Gasteiger partial charge < -0.3 is 10.6 Å². The zero-order valence-electron chi connectivity index (χ0n) is 6.66. The van der Waals surface area contributed by atoms with Crippen molar-refractivity contribution in [2.24, 2.45) is 11.0 Å². The number of rotatable bonds is 2. The van der Waals surface area contributed by atoms with Gasteiger partial charge in [0.05, 0.1) is 5.87 Å². The molecule has 1 aromatic rings. The third kappa shape index (κ3) is 2.49. The van der Waals surface area contributed by atoms with E-state index in [0.717, 1.165) is 5.56 Å². The molecule has 0 aliphatic carbocycles. The van der Waals surface area contributed by atoms with E-state index in [-0.39, 0.29) is 0 Å². The number of nitrogens with one attached hydrogen (secondary N) is 1. The SMILES string of the molecule is NNC(=C=NO)c1ccc(Cl)cc1. The fourth-order valence-electron chi connectivity index (χ4n) is 0.847. The molecule has 0 aromatic heterocycles. The summed E-state index contributed by atoms with van der Waals surface area (Å²) in [6, 6.07) is 6.87. The van der Waals surface area contributed by atoms with Crippen molar-refractivity contribution >= 4 is 23.2 Å². The molecule has 4 nitrogen and oxygen atoms in total. The summed E-state index contributed by atoms with van der Waals surface area (Å²) in [5, 5.41) is 11.6. The van der Waals surface area contributed by atoms with E-state index in [1.54, 1.807) is 24.3 Å². The minimum atomic E-state index is 0.388. The van der Waals surface area contributed by atoms with Gasteiger partial charge in [-0.3, -0.25) is 0 Å². The molecule has 0 saturated heterocycles. The van der Waals surface area contributed by atoms with Crippen LogP contribution in [0.1, 0.15) is 5.56 Å². The lowest BCUT2D eigenvalue weighted by Crippen LogP contribution is -2.20. The van der Waals surface area contributed by atoms with Crippen LogP contribution in [0.25, 0.3) is 5.70 Å². The van der Waals surface area contributed by atoms with Crippen molar-refractivity contribution in [3.63, 3.8) is 0 Å². The second kappa shape index (κ2) is 4.52. The maximum Gasteiger partial charge on any atom is 0.122 e. The van der Waals surface area contributed by atoms with Gasteiger partial charge in [0.1, 0.15) is 5.70 Å². The quantitative estimate of drug-likeness (QED) is 0.289. The molecule has 0 spiro atoms. The Morgan fingerprint density at radius 2 is 2.08 bits per heavy atom. The molecule has 0 fully saturated rings. The van der Waals surface area contributed by atoms with E-state index in [2.05, 4.69) is 16.5 Å². The van der Waals surface area contributed by atoms with Gasteiger partial charge in [-0.15, -0.1) is 0 Å². The highest BCUT2D eigenvalue weighted by molar-refractivity contribution is 6.30. The third-order valence-electron chi connectivity index (χ3n) is 1.44. The first kappa shape index (κ1) is 9.61. The molecule has 0 atom stereocenters. The topological polar surface area (TPSA) is 70.6 Å². The standard InChI is InChI=1S/C8H8ClN3O/c9-7-3-1-6(2-4-7)8(12-10)5-11-13/h1-4,12-13H,10H2. The molecule has 0 aliphatic rings. The number of halogens is 1. The Hall–Kier alpha value is -1.48. The first-order valence-electron chi connectivity index (χ1n) is 3.47. The highest BCUT2D eigenvalue weighted by Gasteiger charge is 1.98. The molecule has 68 valence electrons. The summed E-state index contributed by atoms with van der Waals surface area (Å²) in [5.74, 6) is 7.46. The Balaban J connectivity index is 3.07. The maximum absolute atomic E-state index is 8.26. The van der Waals surface area contributed by atoms with Crippen molar-refractivity contribution in [3.05, 3.63) is 34.9 Å². The van der Waals surface area contributed by atoms with Crippen LogP contribution in [0.4, 0.5) is 0 Å². The van der Waals surface area contributed by atoms with Crippen LogP contribution in [0, 0.1) is 0 Å². The molecule has 0 bridgehead atoms. The maximum atomic E-state index is 8.26. The van der Waals surface area contributed by atoms with Crippen LogP contribution in [0.3, 0.4) is 0 Å². The average molecular weight is 198 g/mol. The molecule has 13 heavy (non-hydrogen) atoms. The molecule has 0 aliphatic heterocycles. The normalized spacial score (nSPS) is 8.77. The smallest absolute Gasteiger partial charge is 0.122 e. The summed E-state index contributed by atoms with van der Waals surface area (Å²) < 4.78 is 0. The Morgan fingerprint density at radius 1 is 1.46 bits per heavy atom. The molecular weight excluding hydrogens is 190 g/mol.